The Balaban J connectivity index is 1.34. The Bertz CT molecular complexity index is 1730. The number of aromatic amines is 1. The van der Waals surface area contributed by atoms with Gasteiger partial charge >= 0.3 is 0 Å². The number of para-hydroxylation sites is 1. The van der Waals surface area contributed by atoms with E-state index in [1.807, 2.05) is 44.2 Å². The van der Waals surface area contributed by atoms with Crippen molar-refractivity contribution in [2.45, 2.75) is 82.3 Å². The Hall–Kier alpha value is -4.67. The molecule has 11 nitrogen and oxygen atoms in total. The van der Waals surface area contributed by atoms with Gasteiger partial charge in [0.25, 0.3) is 11.8 Å². The van der Waals surface area contributed by atoms with E-state index in [4.69, 9.17) is 4.74 Å². The molecule has 4 amide bonds. The number of aromatic nitrogens is 1. The van der Waals surface area contributed by atoms with Crippen molar-refractivity contribution in [2.24, 2.45) is 5.92 Å². The molecule has 11 heteroatoms. The summed E-state index contributed by atoms with van der Waals surface area (Å²) in [6.45, 7) is 3.83. The number of ketones is 1. The van der Waals surface area contributed by atoms with Gasteiger partial charge in [-0.05, 0) is 61.4 Å². The molecular weight excluding hydrogens is 598 g/mol. The number of Topliss-reactive ketones (excluding diaryl/α,β-unsaturated/α-hetero) is 1. The Labute approximate surface area is 274 Å². The van der Waals surface area contributed by atoms with Crippen molar-refractivity contribution in [3.63, 3.8) is 0 Å². The Morgan fingerprint density at radius 1 is 1.06 bits per heavy atom. The fraction of sp³-hybridized carbons (Fsp3) is 0.472. The van der Waals surface area contributed by atoms with Crippen molar-refractivity contribution in [1.29, 1.82) is 0 Å². The molecule has 1 unspecified atom stereocenters. The van der Waals surface area contributed by atoms with Gasteiger partial charge < -0.3 is 30.2 Å². The SMILES string of the molecule is COc1cccc2[nH]c(C(=O)N(C)C(CC(C)C)C(=O)N3C[C@]4(C[C@H]3C(=O)C(=O)NC3CCCCC3)C(=O)Nc3ccccc34)cc12. The van der Waals surface area contributed by atoms with Gasteiger partial charge in [-0.15, -0.1) is 0 Å². The van der Waals surface area contributed by atoms with Crippen LogP contribution in [0, 0.1) is 5.92 Å². The molecule has 1 saturated carbocycles. The maximum absolute atomic E-state index is 14.7. The van der Waals surface area contributed by atoms with Gasteiger partial charge in [0, 0.05) is 36.2 Å². The number of hydrogen-bond acceptors (Lipinski definition) is 6. The number of ether oxygens (including phenoxy) is 1. The molecule has 2 aromatic carbocycles. The predicted octanol–water partition coefficient (Wildman–Crippen LogP) is 4.17. The topological polar surface area (TPSA) is 141 Å². The maximum atomic E-state index is 14.7. The smallest absolute Gasteiger partial charge is 0.289 e. The largest absolute Gasteiger partial charge is 0.496 e. The number of benzene rings is 2. The summed E-state index contributed by atoms with van der Waals surface area (Å²) in [5.41, 5.74) is 1.13. The van der Waals surface area contributed by atoms with Crippen LogP contribution >= 0.6 is 0 Å². The second-order valence-electron chi connectivity index (χ2n) is 13.6. The summed E-state index contributed by atoms with van der Waals surface area (Å²) in [5, 5.41) is 6.56. The second-order valence-corrected chi connectivity index (χ2v) is 13.6. The number of methoxy groups -OCH3 is 1. The van der Waals surface area contributed by atoms with E-state index in [0.29, 0.717) is 23.4 Å². The maximum Gasteiger partial charge on any atom is 0.289 e. The number of H-pyrrole nitrogens is 1. The number of nitrogens with zero attached hydrogens (tertiary/aromatic N) is 2. The Kier molecular flexibility index (Phi) is 8.82. The van der Waals surface area contributed by atoms with Crippen LogP contribution in [0.5, 0.6) is 5.75 Å². The Morgan fingerprint density at radius 2 is 1.81 bits per heavy atom. The lowest BCUT2D eigenvalue weighted by Gasteiger charge is -2.34. The number of rotatable bonds is 9. The minimum Gasteiger partial charge on any atom is -0.496 e. The lowest BCUT2D eigenvalue weighted by atomic mass is 9.79. The summed E-state index contributed by atoms with van der Waals surface area (Å²) in [7, 11) is 3.14. The number of anilines is 1. The van der Waals surface area contributed by atoms with Crippen molar-refractivity contribution in [3.05, 3.63) is 59.8 Å². The number of likely N-dealkylation sites (tertiary alicyclic amines) is 1. The quantitative estimate of drug-likeness (QED) is 0.300. The highest BCUT2D eigenvalue weighted by atomic mass is 16.5. The van der Waals surface area contributed by atoms with E-state index in [9.17, 15) is 24.0 Å². The number of likely N-dealkylation sites (N-methyl/N-ethyl adjacent to an activating group) is 1. The number of carbonyl (C=O) groups excluding carboxylic acids is 5. The average molecular weight is 642 g/mol. The van der Waals surface area contributed by atoms with Gasteiger partial charge in [0.05, 0.1) is 12.5 Å². The number of fused-ring (bicyclic) bond motifs is 3. The van der Waals surface area contributed by atoms with Crippen LogP contribution in [-0.4, -0.2) is 83.0 Å². The van der Waals surface area contributed by atoms with Crippen molar-refractivity contribution in [2.75, 3.05) is 26.0 Å². The minimum absolute atomic E-state index is 0.0119. The molecule has 2 fully saturated rings. The first kappa shape index (κ1) is 32.3. The van der Waals surface area contributed by atoms with Crippen LogP contribution in [0.2, 0.25) is 0 Å². The van der Waals surface area contributed by atoms with Crippen molar-refractivity contribution >= 4 is 46.0 Å². The van der Waals surface area contributed by atoms with E-state index in [1.54, 1.807) is 32.4 Å². The zero-order valence-electron chi connectivity index (χ0n) is 27.4. The lowest BCUT2D eigenvalue weighted by molar-refractivity contribution is -0.146. The van der Waals surface area contributed by atoms with Crippen molar-refractivity contribution < 1.29 is 28.7 Å². The highest BCUT2D eigenvalue weighted by Crippen LogP contribution is 2.47. The molecule has 0 bridgehead atoms. The van der Waals surface area contributed by atoms with E-state index < -0.39 is 41.0 Å². The average Bonchev–Trinajstić information content (AvgIpc) is 3.77. The van der Waals surface area contributed by atoms with Gasteiger partial charge in [0.2, 0.25) is 17.6 Å². The molecule has 1 spiro atoms. The van der Waals surface area contributed by atoms with E-state index in [2.05, 4.69) is 15.6 Å². The molecule has 6 rings (SSSR count). The van der Waals surface area contributed by atoms with Crippen molar-refractivity contribution in [1.82, 2.24) is 20.1 Å². The molecule has 47 heavy (non-hydrogen) atoms. The molecule has 3 aromatic rings. The van der Waals surface area contributed by atoms with Gasteiger partial charge in [-0.3, -0.25) is 24.0 Å². The van der Waals surface area contributed by atoms with E-state index in [0.717, 1.165) is 43.0 Å². The van der Waals surface area contributed by atoms with Gasteiger partial charge in [-0.1, -0.05) is 57.4 Å². The summed E-state index contributed by atoms with van der Waals surface area (Å²) < 4.78 is 5.46. The molecule has 3 N–H and O–H groups in total. The standard InChI is InChI=1S/C36H43N5O6/c1-21(2)17-28(40(3)33(44)27-18-23-25(38-27)15-10-16-30(23)47-4)34(45)41-20-36(24-13-8-9-14-26(24)39-35(36)46)19-29(41)31(42)32(43)37-22-11-6-5-7-12-22/h8-10,13-16,18,21-22,28-29,38H,5-7,11-12,17,19-20H2,1-4H3,(H,37,43)(H,39,46)/t28?,29-,36-/m0/s1. The predicted molar refractivity (Wildman–Crippen MR) is 177 cm³/mol. The second kappa shape index (κ2) is 12.8. The molecule has 3 aliphatic rings. The van der Waals surface area contributed by atoms with Crippen LogP contribution in [0.3, 0.4) is 0 Å². The molecule has 3 atom stereocenters. The molecule has 0 radical (unpaired) electrons. The van der Waals surface area contributed by atoms with Gasteiger partial charge in [-0.2, -0.15) is 0 Å². The van der Waals surface area contributed by atoms with Crippen molar-refractivity contribution in [3.8, 4) is 5.75 Å². The summed E-state index contributed by atoms with van der Waals surface area (Å²) in [6.07, 6.45) is 4.95. The molecule has 248 valence electrons. The van der Waals surface area contributed by atoms with E-state index in [-0.39, 0.29) is 36.5 Å². The van der Waals surface area contributed by atoms with Crippen LogP contribution in [0.25, 0.3) is 10.9 Å². The number of hydrogen-bond donors (Lipinski definition) is 3. The first-order valence-corrected chi connectivity index (χ1v) is 16.5. The third-order valence-corrected chi connectivity index (χ3v) is 10.1. The van der Waals surface area contributed by atoms with Gasteiger partial charge in [-0.25, -0.2) is 0 Å². The number of carbonyl (C=O) groups is 5. The van der Waals surface area contributed by atoms with Gasteiger partial charge in [0.1, 0.15) is 23.5 Å². The van der Waals surface area contributed by atoms with E-state index >= 15 is 0 Å². The number of amides is 4. The minimum atomic E-state index is -1.20. The highest BCUT2D eigenvalue weighted by molar-refractivity contribution is 6.38. The van der Waals surface area contributed by atoms with Crippen LogP contribution < -0.4 is 15.4 Å². The molecular formula is C36H43N5O6. The molecule has 1 saturated heterocycles. The molecule has 1 aromatic heterocycles. The highest BCUT2D eigenvalue weighted by Gasteiger charge is 2.58. The summed E-state index contributed by atoms with van der Waals surface area (Å²) in [4.78, 5) is 75.7. The molecule has 1 aliphatic carbocycles. The normalized spacial score (nSPS) is 21.5. The third-order valence-electron chi connectivity index (χ3n) is 10.1. The number of nitrogens with one attached hydrogen (secondary N) is 3. The Morgan fingerprint density at radius 3 is 2.53 bits per heavy atom. The summed E-state index contributed by atoms with van der Waals surface area (Å²) >= 11 is 0. The van der Waals surface area contributed by atoms with Crippen LogP contribution in [0.15, 0.2) is 48.5 Å². The van der Waals surface area contributed by atoms with Gasteiger partial charge in [0.15, 0.2) is 0 Å². The van der Waals surface area contributed by atoms with Crippen LogP contribution in [0.4, 0.5) is 5.69 Å². The zero-order chi connectivity index (χ0) is 33.5. The van der Waals surface area contributed by atoms with E-state index in [1.165, 1.54) is 9.80 Å². The van der Waals surface area contributed by atoms with Crippen LogP contribution in [-0.2, 0) is 24.6 Å². The monoisotopic (exact) mass is 641 g/mol. The zero-order valence-corrected chi connectivity index (χ0v) is 27.4. The summed E-state index contributed by atoms with van der Waals surface area (Å²) in [6, 6.07) is 12.2. The first-order chi connectivity index (χ1) is 22.5. The fourth-order valence-corrected chi connectivity index (χ4v) is 7.57. The molecule has 2 aliphatic heterocycles. The molecule has 3 heterocycles. The first-order valence-electron chi connectivity index (χ1n) is 16.5. The van der Waals surface area contributed by atoms with Crippen LogP contribution in [0.1, 0.15) is 74.8 Å². The lowest BCUT2D eigenvalue weighted by Crippen LogP contribution is -2.55. The fourth-order valence-electron chi connectivity index (χ4n) is 7.57. The summed E-state index contributed by atoms with van der Waals surface area (Å²) in [5.74, 6) is -2.03. The third kappa shape index (κ3) is 5.87.